The van der Waals surface area contributed by atoms with E-state index in [1.54, 1.807) is 0 Å². The summed E-state index contributed by atoms with van der Waals surface area (Å²) in [7, 11) is 0. The second-order valence-corrected chi connectivity index (χ2v) is 14.0. The van der Waals surface area contributed by atoms with Crippen molar-refractivity contribution in [2.75, 3.05) is 0 Å². The van der Waals surface area contributed by atoms with Crippen molar-refractivity contribution in [3.63, 3.8) is 0 Å². The van der Waals surface area contributed by atoms with Gasteiger partial charge in [0, 0.05) is 0 Å². The van der Waals surface area contributed by atoms with Crippen molar-refractivity contribution in [3.8, 4) is 0 Å². The molecule has 0 aromatic heterocycles. The van der Waals surface area contributed by atoms with Gasteiger partial charge in [-0.3, -0.25) is 0 Å². The molecule has 10 atom stereocenters. The number of hydrogen-bond donors (Lipinski definition) is 3. The minimum absolute atomic E-state index is 0.112. The van der Waals surface area contributed by atoms with Crippen LogP contribution in [0.3, 0.4) is 0 Å². The van der Waals surface area contributed by atoms with Crippen LogP contribution in [-0.2, 0) is 5.60 Å². The highest BCUT2D eigenvalue weighted by Gasteiger charge is 2.64. The summed E-state index contributed by atoms with van der Waals surface area (Å²) in [6.45, 7) is 9.49. The molecule has 1 aromatic carbocycles. The second kappa shape index (κ2) is 9.44. The molecule has 0 amide bonds. The lowest BCUT2D eigenvalue weighted by Crippen LogP contribution is -2.59. The summed E-state index contributed by atoms with van der Waals surface area (Å²) < 4.78 is 0. The molecule has 0 saturated heterocycles. The zero-order chi connectivity index (χ0) is 25.0. The van der Waals surface area contributed by atoms with Crippen molar-refractivity contribution in [3.05, 3.63) is 35.9 Å². The van der Waals surface area contributed by atoms with E-state index in [0.29, 0.717) is 23.7 Å². The van der Waals surface area contributed by atoms with Crippen molar-refractivity contribution < 1.29 is 15.3 Å². The zero-order valence-corrected chi connectivity index (χ0v) is 22.6. The maximum Gasteiger partial charge on any atom is 0.0929 e. The van der Waals surface area contributed by atoms with Crippen LogP contribution in [0.1, 0.15) is 104 Å². The molecule has 3 N–H and O–H groups in total. The van der Waals surface area contributed by atoms with Crippen LogP contribution < -0.4 is 0 Å². The van der Waals surface area contributed by atoms with Crippen LogP contribution in [0.25, 0.3) is 0 Å². The Balaban J connectivity index is 1.44. The highest BCUT2D eigenvalue weighted by atomic mass is 16.3. The Bertz CT molecular complexity index is 869. The van der Waals surface area contributed by atoms with Crippen LogP contribution >= 0.6 is 0 Å². The Labute approximate surface area is 213 Å². The monoisotopic (exact) mass is 482 g/mol. The lowest BCUT2D eigenvalue weighted by atomic mass is 9.43. The van der Waals surface area contributed by atoms with Gasteiger partial charge >= 0.3 is 0 Å². The maximum atomic E-state index is 12.5. The highest BCUT2D eigenvalue weighted by molar-refractivity contribution is 5.26. The molecule has 196 valence electrons. The predicted octanol–water partition coefficient (Wildman–Crippen LogP) is 6.69. The lowest BCUT2D eigenvalue weighted by molar-refractivity contribution is -0.181. The van der Waals surface area contributed by atoms with Gasteiger partial charge in [-0.15, -0.1) is 0 Å². The molecule has 4 aliphatic rings. The fourth-order valence-corrected chi connectivity index (χ4v) is 10.1. The van der Waals surface area contributed by atoms with Gasteiger partial charge in [0.25, 0.3) is 0 Å². The van der Waals surface area contributed by atoms with Gasteiger partial charge in [0.1, 0.15) is 0 Å². The van der Waals surface area contributed by atoms with Crippen molar-refractivity contribution in [1.82, 2.24) is 0 Å². The molecule has 0 spiro atoms. The van der Waals surface area contributed by atoms with E-state index < -0.39 is 5.60 Å². The second-order valence-electron chi connectivity index (χ2n) is 14.0. The molecule has 5 rings (SSSR count). The normalized spacial score (nSPS) is 44.9. The first-order valence-corrected chi connectivity index (χ1v) is 14.7. The smallest absolute Gasteiger partial charge is 0.0929 e. The minimum Gasteiger partial charge on any atom is -0.393 e. The molecule has 1 aromatic rings. The van der Waals surface area contributed by atoms with Crippen molar-refractivity contribution in [2.24, 2.45) is 46.3 Å². The van der Waals surface area contributed by atoms with Gasteiger partial charge in [-0.2, -0.15) is 0 Å². The highest BCUT2D eigenvalue weighted by Crippen LogP contribution is 2.69. The van der Waals surface area contributed by atoms with Crippen molar-refractivity contribution >= 4 is 0 Å². The number of aliphatic hydroxyl groups excluding tert-OH is 2. The molecule has 3 nitrogen and oxygen atoms in total. The van der Waals surface area contributed by atoms with Crippen LogP contribution in [0.5, 0.6) is 0 Å². The van der Waals surface area contributed by atoms with E-state index in [0.717, 1.165) is 56.9 Å². The number of fused-ring (bicyclic) bond motifs is 5. The van der Waals surface area contributed by atoms with Crippen LogP contribution in [0.4, 0.5) is 0 Å². The van der Waals surface area contributed by atoms with Crippen molar-refractivity contribution in [1.29, 1.82) is 0 Å². The fourth-order valence-electron chi connectivity index (χ4n) is 10.1. The standard InChI is InChI=1S/C32H50O3/c1-21(2)9-8-16-32(35,22-10-6-5-7-11-22)29-13-12-25-24-20-28(34)27-19-23(33)14-17-30(27,3)26(24)15-18-31(25,29)4/h5-7,10-11,21,23-29,33-35H,8-9,12-20H2,1-4H3/t23-,24-,25-,26-,27+,28-,29-,30+,31-,32+/m0/s1. The molecule has 4 fully saturated rings. The van der Waals surface area contributed by atoms with E-state index in [4.69, 9.17) is 0 Å². The molecule has 4 saturated carbocycles. The molecule has 0 unspecified atom stereocenters. The summed E-state index contributed by atoms with van der Waals surface area (Å²) in [6.07, 6.45) is 10.8. The van der Waals surface area contributed by atoms with Gasteiger partial charge in [-0.25, -0.2) is 0 Å². The van der Waals surface area contributed by atoms with Gasteiger partial charge < -0.3 is 15.3 Å². The molecular weight excluding hydrogens is 432 g/mol. The Morgan fingerprint density at radius 2 is 1.57 bits per heavy atom. The summed E-state index contributed by atoms with van der Waals surface area (Å²) in [4.78, 5) is 0. The molecule has 0 bridgehead atoms. The first-order chi connectivity index (χ1) is 16.6. The zero-order valence-electron chi connectivity index (χ0n) is 22.6. The van der Waals surface area contributed by atoms with E-state index in [1.807, 2.05) is 0 Å². The van der Waals surface area contributed by atoms with Crippen LogP contribution in [0.15, 0.2) is 30.3 Å². The molecular formula is C32H50O3. The van der Waals surface area contributed by atoms with E-state index in [2.05, 4.69) is 58.0 Å². The average molecular weight is 483 g/mol. The van der Waals surface area contributed by atoms with E-state index in [-0.39, 0.29) is 34.9 Å². The summed E-state index contributed by atoms with van der Waals surface area (Å²) in [5.41, 5.74) is 0.588. The van der Waals surface area contributed by atoms with Crippen molar-refractivity contribution in [2.45, 2.75) is 116 Å². The first kappa shape index (κ1) is 25.7. The SMILES string of the molecule is CC(C)CCC[C@@](O)(c1ccccc1)[C@H]1CC[C@H]2[C@@H]3C[C@H](O)[C@H]4C[C@@H](O)CC[C@]4(C)[C@H]3CC[C@@]21C. The van der Waals surface area contributed by atoms with E-state index in [1.165, 1.54) is 19.3 Å². The van der Waals surface area contributed by atoms with Crippen LogP contribution in [0.2, 0.25) is 0 Å². The average Bonchev–Trinajstić information content (AvgIpc) is 3.18. The third-order valence-corrected chi connectivity index (χ3v) is 11.8. The third kappa shape index (κ3) is 4.22. The van der Waals surface area contributed by atoms with Crippen LogP contribution in [0, 0.1) is 46.3 Å². The molecule has 0 aliphatic heterocycles. The topological polar surface area (TPSA) is 60.7 Å². The molecule has 35 heavy (non-hydrogen) atoms. The van der Waals surface area contributed by atoms with Gasteiger partial charge in [0.2, 0.25) is 0 Å². The van der Waals surface area contributed by atoms with Gasteiger partial charge in [-0.1, -0.05) is 64.4 Å². The number of hydrogen-bond acceptors (Lipinski definition) is 3. The summed E-state index contributed by atoms with van der Waals surface area (Å²) in [6, 6.07) is 10.5. The Hall–Kier alpha value is -0.900. The Morgan fingerprint density at radius 3 is 2.29 bits per heavy atom. The van der Waals surface area contributed by atoms with E-state index >= 15 is 0 Å². The first-order valence-electron chi connectivity index (χ1n) is 14.7. The summed E-state index contributed by atoms with van der Waals surface area (Å²) in [5.74, 6) is 2.93. The van der Waals surface area contributed by atoms with Gasteiger partial charge in [-0.05, 0) is 116 Å². The number of benzene rings is 1. The summed E-state index contributed by atoms with van der Waals surface area (Å²) in [5, 5.41) is 34.2. The maximum absolute atomic E-state index is 12.5. The number of rotatable bonds is 6. The van der Waals surface area contributed by atoms with Crippen LogP contribution in [-0.4, -0.2) is 27.5 Å². The molecule has 0 radical (unpaired) electrons. The van der Waals surface area contributed by atoms with Gasteiger partial charge in [0.05, 0.1) is 17.8 Å². The fraction of sp³-hybridized carbons (Fsp3) is 0.812. The largest absolute Gasteiger partial charge is 0.393 e. The molecule has 3 heteroatoms. The number of aliphatic hydroxyl groups is 3. The van der Waals surface area contributed by atoms with E-state index in [9.17, 15) is 15.3 Å². The summed E-state index contributed by atoms with van der Waals surface area (Å²) >= 11 is 0. The Morgan fingerprint density at radius 1 is 0.886 bits per heavy atom. The molecule has 4 aliphatic carbocycles. The lowest BCUT2D eigenvalue weighted by Gasteiger charge is -2.62. The minimum atomic E-state index is -0.777. The molecule has 0 heterocycles. The Kier molecular flexibility index (Phi) is 6.94. The quantitative estimate of drug-likeness (QED) is 0.423. The predicted molar refractivity (Wildman–Crippen MR) is 142 cm³/mol. The van der Waals surface area contributed by atoms with Gasteiger partial charge in [0.15, 0.2) is 0 Å². The third-order valence-electron chi connectivity index (χ3n) is 11.8.